The fraction of sp³-hybridized carbons (Fsp3) is 0.944. The van der Waals surface area contributed by atoms with Gasteiger partial charge in [0, 0.05) is 45.3 Å². The Hall–Kier alpha value is -0.610. The van der Waals surface area contributed by atoms with Crippen LogP contribution in [0.2, 0.25) is 0 Å². The SMILES string of the molecule is CC.CCOCCCCCCN1CC(C)N(C(C)=O)C(C)C1. The van der Waals surface area contributed by atoms with Crippen molar-refractivity contribution in [2.24, 2.45) is 0 Å². The second kappa shape index (κ2) is 12.9. The number of unbranched alkanes of at least 4 members (excludes halogenated alkanes) is 3. The molecule has 1 aliphatic rings. The van der Waals surface area contributed by atoms with Crippen molar-refractivity contribution in [1.29, 1.82) is 0 Å². The summed E-state index contributed by atoms with van der Waals surface area (Å²) >= 11 is 0. The lowest BCUT2D eigenvalue weighted by molar-refractivity contribution is -0.136. The first-order chi connectivity index (χ1) is 10.6. The lowest BCUT2D eigenvalue weighted by Gasteiger charge is -2.44. The second-order valence-corrected chi connectivity index (χ2v) is 6.00. The number of ether oxygens (including phenoxy) is 1. The molecule has 0 radical (unpaired) electrons. The third kappa shape index (κ3) is 8.14. The van der Waals surface area contributed by atoms with E-state index in [1.54, 1.807) is 6.92 Å². The minimum atomic E-state index is 0.209. The molecule has 0 saturated carbocycles. The van der Waals surface area contributed by atoms with Gasteiger partial charge in [0.15, 0.2) is 0 Å². The molecule has 0 bridgehead atoms. The molecule has 1 rings (SSSR count). The van der Waals surface area contributed by atoms with Gasteiger partial charge in [-0.2, -0.15) is 0 Å². The van der Waals surface area contributed by atoms with Gasteiger partial charge in [-0.05, 0) is 40.2 Å². The first-order valence-corrected chi connectivity index (χ1v) is 9.15. The van der Waals surface area contributed by atoms with Crippen molar-refractivity contribution >= 4 is 5.91 Å². The number of rotatable bonds is 8. The van der Waals surface area contributed by atoms with E-state index in [9.17, 15) is 4.79 Å². The molecule has 4 nitrogen and oxygen atoms in total. The maximum absolute atomic E-state index is 11.6. The molecule has 2 atom stereocenters. The number of piperazine rings is 1. The Kier molecular flexibility index (Phi) is 12.5. The van der Waals surface area contributed by atoms with Gasteiger partial charge in [0.1, 0.15) is 0 Å². The molecule has 1 fully saturated rings. The first-order valence-electron chi connectivity index (χ1n) is 9.15. The molecule has 0 aromatic rings. The van der Waals surface area contributed by atoms with E-state index in [1.807, 2.05) is 25.7 Å². The molecular formula is C18H38N2O2. The number of nitrogens with zero attached hydrogens (tertiary/aromatic N) is 2. The summed E-state index contributed by atoms with van der Waals surface area (Å²) in [6, 6.07) is 0.684. The van der Waals surface area contributed by atoms with Crippen molar-refractivity contribution < 1.29 is 9.53 Å². The van der Waals surface area contributed by atoms with E-state index in [0.717, 1.165) is 32.8 Å². The third-order valence-corrected chi connectivity index (χ3v) is 4.08. The van der Waals surface area contributed by atoms with Gasteiger partial charge in [-0.1, -0.05) is 26.7 Å². The van der Waals surface area contributed by atoms with Gasteiger partial charge in [-0.15, -0.1) is 0 Å². The van der Waals surface area contributed by atoms with Crippen LogP contribution in [0, 0.1) is 0 Å². The standard InChI is InChI=1S/C16H32N2O2.C2H6/c1-5-20-11-9-7-6-8-10-17-12-14(2)18(16(4)19)15(3)13-17;1-2/h14-15H,5-13H2,1-4H3;1-2H3. The van der Waals surface area contributed by atoms with Crippen LogP contribution in [0.3, 0.4) is 0 Å². The Labute approximate surface area is 138 Å². The van der Waals surface area contributed by atoms with Gasteiger partial charge in [0.25, 0.3) is 0 Å². The number of hydrogen-bond donors (Lipinski definition) is 0. The monoisotopic (exact) mass is 314 g/mol. The summed E-state index contributed by atoms with van der Waals surface area (Å²) in [5, 5.41) is 0. The highest BCUT2D eigenvalue weighted by atomic mass is 16.5. The van der Waals surface area contributed by atoms with E-state index < -0.39 is 0 Å². The van der Waals surface area contributed by atoms with Crippen LogP contribution < -0.4 is 0 Å². The summed E-state index contributed by atoms with van der Waals surface area (Å²) in [6.07, 6.45) is 4.98. The van der Waals surface area contributed by atoms with E-state index in [1.165, 1.54) is 25.7 Å². The molecular weight excluding hydrogens is 276 g/mol. The van der Waals surface area contributed by atoms with Crippen molar-refractivity contribution in [2.75, 3.05) is 32.8 Å². The molecule has 4 heteroatoms. The molecule has 1 amide bonds. The Morgan fingerprint density at radius 1 is 1.05 bits per heavy atom. The molecule has 0 aliphatic carbocycles. The Balaban J connectivity index is 0.00000211. The molecule has 1 heterocycles. The highest BCUT2D eigenvalue weighted by Crippen LogP contribution is 2.16. The highest BCUT2D eigenvalue weighted by molar-refractivity contribution is 5.74. The minimum absolute atomic E-state index is 0.209. The van der Waals surface area contributed by atoms with E-state index in [-0.39, 0.29) is 5.91 Å². The van der Waals surface area contributed by atoms with Crippen LogP contribution in [-0.2, 0) is 9.53 Å². The Morgan fingerprint density at radius 2 is 1.59 bits per heavy atom. The van der Waals surface area contributed by atoms with Crippen LogP contribution in [0.25, 0.3) is 0 Å². The number of hydrogen-bond acceptors (Lipinski definition) is 3. The lowest BCUT2D eigenvalue weighted by atomic mass is 10.1. The topological polar surface area (TPSA) is 32.8 Å². The van der Waals surface area contributed by atoms with Gasteiger partial charge in [-0.25, -0.2) is 0 Å². The predicted molar refractivity (Wildman–Crippen MR) is 94.2 cm³/mol. The maximum Gasteiger partial charge on any atom is 0.220 e. The zero-order valence-corrected chi connectivity index (χ0v) is 15.7. The quantitative estimate of drug-likeness (QED) is 0.642. The second-order valence-electron chi connectivity index (χ2n) is 6.00. The molecule has 1 saturated heterocycles. The first kappa shape index (κ1) is 21.4. The Morgan fingerprint density at radius 3 is 2.09 bits per heavy atom. The molecule has 22 heavy (non-hydrogen) atoms. The zero-order valence-electron chi connectivity index (χ0n) is 15.7. The van der Waals surface area contributed by atoms with E-state index in [4.69, 9.17) is 4.74 Å². The summed E-state index contributed by atoms with van der Waals surface area (Å²) in [5.41, 5.74) is 0. The van der Waals surface area contributed by atoms with Crippen molar-refractivity contribution in [3.05, 3.63) is 0 Å². The van der Waals surface area contributed by atoms with Gasteiger partial charge < -0.3 is 9.64 Å². The molecule has 0 aromatic carbocycles. The van der Waals surface area contributed by atoms with E-state index in [0.29, 0.717) is 12.1 Å². The van der Waals surface area contributed by atoms with Crippen LogP contribution in [0.1, 0.15) is 67.2 Å². The van der Waals surface area contributed by atoms with E-state index >= 15 is 0 Å². The smallest absolute Gasteiger partial charge is 0.220 e. The summed E-state index contributed by atoms with van der Waals surface area (Å²) in [7, 11) is 0. The normalized spacial score (nSPS) is 22.2. The van der Waals surface area contributed by atoms with Crippen LogP contribution >= 0.6 is 0 Å². The van der Waals surface area contributed by atoms with Crippen molar-refractivity contribution in [1.82, 2.24) is 9.80 Å². The Bertz CT molecular complexity index is 272. The maximum atomic E-state index is 11.6. The molecule has 132 valence electrons. The van der Waals surface area contributed by atoms with Crippen molar-refractivity contribution in [3.63, 3.8) is 0 Å². The van der Waals surface area contributed by atoms with E-state index in [2.05, 4.69) is 18.7 Å². The molecule has 0 spiro atoms. The summed E-state index contributed by atoms with van der Waals surface area (Å²) in [6.45, 7) is 17.0. The average molecular weight is 315 g/mol. The molecule has 0 aromatic heterocycles. The van der Waals surface area contributed by atoms with Crippen molar-refractivity contribution in [3.8, 4) is 0 Å². The average Bonchev–Trinajstić information content (AvgIpc) is 2.47. The molecule has 0 N–H and O–H groups in total. The zero-order chi connectivity index (χ0) is 17.0. The number of carbonyl (C=O) groups is 1. The lowest BCUT2D eigenvalue weighted by Crippen LogP contribution is -2.58. The van der Waals surface area contributed by atoms with Gasteiger partial charge in [0.2, 0.25) is 5.91 Å². The molecule has 1 aliphatic heterocycles. The van der Waals surface area contributed by atoms with Gasteiger partial charge in [-0.3, -0.25) is 9.69 Å². The van der Waals surface area contributed by atoms with Gasteiger partial charge >= 0.3 is 0 Å². The van der Waals surface area contributed by atoms with Crippen LogP contribution in [0.5, 0.6) is 0 Å². The summed E-state index contributed by atoms with van der Waals surface area (Å²) < 4.78 is 5.34. The predicted octanol–water partition coefficient (Wildman–Crippen LogP) is 3.55. The van der Waals surface area contributed by atoms with Crippen molar-refractivity contribution in [2.45, 2.75) is 79.3 Å². The number of carbonyl (C=O) groups excluding carboxylic acids is 1. The van der Waals surface area contributed by atoms with Gasteiger partial charge in [0.05, 0.1) is 0 Å². The highest BCUT2D eigenvalue weighted by Gasteiger charge is 2.30. The molecule has 2 unspecified atom stereocenters. The largest absolute Gasteiger partial charge is 0.382 e. The summed E-state index contributed by atoms with van der Waals surface area (Å²) in [4.78, 5) is 16.1. The minimum Gasteiger partial charge on any atom is -0.382 e. The van der Waals surface area contributed by atoms with Crippen LogP contribution in [0.4, 0.5) is 0 Å². The van der Waals surface area contributed by atoms with Crippen LogP contribution in [-0.4, -0.2) is 60.6 Å². The fourth-order valence-corrected chi connectivity index (χ4v) is 3.27. The summed E-state index contributed by atoms with van der Waals surface area (Å²) in [5.74, 6) is 0.209. The number of amides is 1. The van der Waals surface area contributed by atoms with Crippen LogP contribution in [0.15, 0.2) is 0 Å². The third-order valence-electron chi connectivity index (χ3n) is 4.08. The fourth-order valence-electron chi connectivity index (χ4n) is 3.27.